The minimum atomic E-state index is -3.35. The summed E-state index contributed by atoms with van der Waals surface area (Å²) in [5.41, 5.74) is 0.795. The number of sulfonamides is 1. The third-order valence-electron chi connectivity index (χ3n) is 4.21. The molecule has 0 spiro atoms. The zero-order chi connectivity index (χ0) is 17.0. The highest BCUT2D eigenvalue weighted by atomic mass is 32.2. The number of hydrogen-bond donors (Lipinski definition) is 1. The van der Waals surface area contributed by atoms with Crippen molar-refractivity contribution in [1.29, 1.82) is 0 Å². The van der Waals surface area contributed by atoms with Crippen molar-refractivity contribution >= 4 is 10.0 Å². The Morgan fingerprint density at radius 3 is 1.91 bits per heavy atom. The van der Waals surface area contributed by atoms with Crippen LogP contribution in [0.5, 0.6) is 0 Å². The Bertz CT molecular complexity index is 526. The molecule has 132 valence electrons. The van der Waals surface area contributed by atoms with Crippen LogP contribution in [0.15, 0.2) is 29.2 Å². The summed E-state index contributed by atoms with van der Waals surface area (Å²) in [6.45, 7) is 4.61. The van der Waals surface area contributed by atoms with Gasteiger partial charge in [0, 0.05) is 6.54 Å². The number of nitrogens with one attached hydrogen (secondary N) is 1. The number of hydrogen-bond acceptors (Lipinski definition) is 2. The number of rotatable bonds is 13. The van der Waals surface area contributed by atoms with E-state index in [1.165, 1.54) is 51.4 Å². The molecular formula is C19H33NO2S. The van der Waals surface area contributed by atoms with E-state index in [1.807, 2.05) is 19.1 Å². The van der Waals surface area contributed by atoms with Gasteiger partial charge in [-0.1, -0.05) is 82.9 Å². The van der Waals surface area contributed by atoms with E-state index in [4.69, 9.17) is 0 Å². The molecule has 0 unspecified atom stereocenters. The van der Waals surface area contributed by atoms with E-state index in [-0.39, 0.29) is 0 Å². The molecule has 0 radical (unpaired) electrons. The van der Waals surface area contributed by atoms with Crippen LogP contribution in [0, 0.1) is 6.92 Å². The summed E-state index contributed by atoms with van der Waals surface area (Å²) < 4.78 is 27.1. The quantitative estimate of drug-likeness (QED) is 0.502. The van der Waals surface area contributed by atoms with E-state index in [2.05, 4.69) is 11.6 Å². The smallest absolute Gasteiger partial charge is 0.211 e. The Morgan fingerprint density at radius 1 is 0.826 bits per heavy atom. The van der Waals surface area contributed by atoms with E-state index >= 15 is 0 Å². The highest BCUT2D eigenvalue weighted by molar-refractivity contribution is 7.89. The highest BCUT2D eigenvalue weighted by Crippen LogP contribution is 2.14. The van der Waals surface area contributed by atoms with Crippen LogP contribution in [-0.4, -0.2) is 15.0 Å². The maximum absolute atomic E-state index is 12.2. The van der Waals surface area contributed by atoms with Gasteiger partial charge in [-0.3, -0.25) is 0 Å². The highest BCUT2D eigenvalue weighted by Gasteiger charge is 2.14. The summed E-state index contributed by atoms with van der Waals surface area (Å²) in [5.74, 6) is 0. The predicted octanol–water partition coefficient (Wildman–Crippen LogP) is 5.19. The third kappa shape index (κ3) is 8.52. The Hall–Kier alpha value is -0.870. The third-order valence-corrected chi connectivity index (χ3v) is 5.83. The molecule has 0 amide bonds. The lowest BCUT2D eigenvalue weighted by atomic mass is 10.1. The average molecular weight is 340 g/mol. The first kappa shape index (κ1) is 20.2. The SMILES string of the molecule is CCCCCCCCCCCCNS(=O)(=O)c1ccccc1C. The van der Waals surface area contributed by atoms with Crippen LogP contribution < -0.4 is 4.72 Å². The van der Waals surface area contributed by atoms with Crippen LogP contribution in [0.3, 0.4) is 0 Å². The second-order valence-electron chi connectivity index (χ2n) is 6.35. The molecule has 0 heterocycles. The van der Waals surface area contributed by atoms with Crippen molar-refractivity contribution in [2.24, 2.45) is 0 Å². The molecule has 1 aromatic carbocycles. The van der Waals surface area contributed by atoms with E-state index in [0.717, 1.165) is 18.4 Å². The molecule has 0 aliphatic rings. The summed E-state index contributed by atoms with van der Waals surface area (Å²) >= 11 is 0. The lowest BCUT2D eigenvalue weighted by Gasteiger charge is -2.09. The molecule has 1 aromatic rings. The van der Waals surface area contributed by atoms with Crippen molar-refractivity contribution in [3.8, 4) is 0 Å². The second-order valence-corrected chi connectivity index (χ2v) is 8.08. The van der Waals surface area contributed by atoms with Crippen LogP contribution in [0.4, 0.5) is 0 Å². The first-order chi connectivity index (χ1) is 11.1. The molecule has 4 heteroatoms. The van der Waals surface area contributed by atoms with Gasteiger partial charge in [0.2, 0.25) is 10.0 Å². The van der Waals surface area contributed by atoms with Crippen LogP contribution in [0.25, 0.3) is 0 Å². The summed E-state index contributed by atoms with van der Waals surface area (Å²) in [6, 6.07) is 7.12. The van der Waals surface area contributed by atoms with Gasteiger partial charge in [-0.15, -0.1) is 0 Å². The molecule has 0 bridgehead atoms. The fraction of sp³-hybridized carbons (Fsp3) is 0.684. The first-order valence-corrected chi connectivity index (χ1v) is 10.6. The minimum Gasteiger partial charge on any atom is -0.211 e. The summed E-state index contributed by atoms with van der Waals surface area (Å²) in [6.07, 6.45) is 12.6. The van der Waals surface area contributed by atoms with E-state index in [9.17, 15) is 8.42 Å². The van der Waals surface area contributed by atoms with Crippen molar-refractivity contribution in [2.75, 3.05) is 6.54 Å². The van der Waals surface area contributed by atoms with E-state index in [1.54, 1.807) is 12.1 Å². The van der Waals surface area contributed by atoms with Gasteiger partial charge in [-0.2, -0.15) is 0 Å². The molecule has 0 atom stereocenters. The molecule has 0 saturated carbocycles. The zero-order valence-electron chi connectivity index (χ0n) is 14.8. The maximum atomic E-state index is 12.2. The molecule has 1 rings (SSSR count). The average Bonchev–Trinajstić information content (AvgIpc) is 2.53. The lowest BCUT2D eigenvalue weighted by Crippen LogP contribution is -2.25. The Kier molecular flexibility index (Phi) is 10.2. The summed E-state index contributed by atoms with van der Waals surface area (Å²) in [5, 5.41) is 0. The first-order valence-electron chi connectivity index (χ1n) is 9.13. The van der Waals surface area contributed by atoms with Crippen LogP contribution in [0.1, 0.15) is 76.7 Å². The van der Waals surface area contributed by atoms with Crippen LogP contribution >= 0.6 is 0 Å². The Balaban J connectivity index is 2.08. The fourth-order valence-electron chi connectivity index (χ4n) is 2.75. The number of benzene rings is 1. The molecule has 0 aromatic heterocycles. The van der Waals surface area contributed by atoms with Gasteiger partial charge in [0.25, 0.3) is 0 Å². The van der Waals surface area contributed by atoms with Gasteiger partial charge in [-0.25, -0.2) is 13.1 Å². The Labute approximate surface area is 142 Å². The fourth-order valence-corrected chi connectivity index (χ4v) is 4.07. The Morgan fingerprint density at radius 2 is 1.35 bits per heavy atom. The molecule has 0 aliphatic heterocycles. The van der Waals surface area contributed by atoms with Crippen molar-refractivity contribution in [1.82, 2.24) is 4.72 Å². The van der Waals surface area contributed by atoms with Gasteiger partial charge in [0.1, 0.15) is 0 Å². The maximum Gasteiger partial charge on any atom is 0.240 e. The van der Waals surface area contributed by atoms with Gasteiger partial charge < -0.3 is 0 Å². The molecule has 0 fully saturated rings. The second kappa shape index (κ2) is 11.6. The van der Waals surface area contributed by atoms with E-state index < -0.39 is 10.0 Å². The number of aryl methyl sites for hydroxylation is 1. The monoisotopic (exact) mass is 339 g/mol. The minimum absolute atomic E-state index is 0.395. The van der Waals surface area contributed by atoms with Crippen molar-refractivity contribution < 1.29 is 8.42 Å². The topological polar surface area (TPSA) is 46.2 Å². The van der Waals surface area contributed by atoms with Crippen LogP contribution in [0.2, 0.25) is 0 Å². The number of unbranched alkanes of at least 4 members (excludes halogenated alkanes) is 9. The summed E-state index contributed by atoms with van der Waals surface area (Å²) in [7, 11) is -3.35. The molecule has 1 N–H and O–H groups in total. The van der Waals surface area contributed by atoms with Gasteiger partial charge in [0.15, 0.2) is 0 Å². The van der Waals surface area contributed by atoms with Crippen molar-refractivity contribution in [3.05, 3.63) is 29.8 Å². The molecule has 23 heavy (non-hydrogen) atoms. The van der Waals surface area contributed by atoms with Gasteiger partial charge in [-0.05, 0) is 25.0 Å². The predicted molar refractivity (Wildman–Crippen MR) is 98.2 cm³/mol. The van der Waals surface area contributed by atoms with Gasteiger partial charge >= 0.3 is 0 Å². The molecule has 3 nitrogen and oxygen atoms in total. The molecule has 0 saturated heterocycles. The largest absolute Gasteiger partial charge is 0.240 e. The van der Waals surface area contributed by atoms with Gasteiger partial charge in [0.05, 0.1) is 4.90 Å². The standard InChI is InChI=1S/C19H33NO2S/c1-3-4-5-6-7-8-9-10-11-14-17-20-23(21,22)19-16-13-12-15-18(19)2/h12-13,15-16,20H,3-11,14,17H2,1-2H3. The normalized spacial score (nSPS) is 11.7. The summed E-state index contributed by atoms with van der Waals surface area (Å²) in [4.78, 5) is 0.395. The molecular weight excluding hydrogens is 306 g/mol. The van der Waals surface area contributed by atoms with E-state index in [0.29, 0.717) is 11.4 Å². The lowest BCUT2D eigenvalue weighted by molar-refractivity contribution is 0.549. The zero-order valence-corrected chi connectivity index (χ0v) is 15.6. The van der Waals surface area contributed by atoms with Crippen molar-refractivity contribution in [2.45, 2.75) is 83.0 Å². The molecule has 0 aliphatic carbocycles. The van der Waals surface area contributed by atoms with Crippen molar-refractivity contribution in [3.63, 3.8) is 0 Å². The van der Waals surface area contributed by atoms with Crippen LogP contribution in [-0.2, 0) is 10.0 Å².